The summed E-state index contributed by atoms with van der Waals surface area (Å²) < 4.78 is 4.29. The third-order valence-electron chi connectivity index (χ3n) is 9.92. The highest BCUT2D eigenvalue weighted by Gasteiger charge is 2.24. The lowest BCUT2D eigenvalue weighted by molar-refractivity contribution is -0.777. The van der Waals surface area contributed by atoms with Crippen LogP contribution in [0.3, 0.4) is 0 Å². The number of benzene rings is 3. The van der Waals surface area contributed by atoms with Crippen LogP contribution in [0.4, 0.5) is 5.69 Å². The minimum atomic E-state index is 0.628. The van der Waals surface area contributed by atoms with Crippen molar-refractivity contribution in [2.45, 2.75) is 136 Å². The molecule has 0 spiro atoms. The van der Waals surface area contributed by atoms with E-state index in [0.717, 1.165) is 105 Å². The van der Waals surface area contributed by atoms with Crippen LogP contribution in [-0.2, 0) is 28.6 Å². The van der Waals surface area contributed by atoms with Gasteiger partial charge in [-0.15, -0.1) is 0 Å². The predicted octanol–water partition coefficient (Wildman–Crippen LogP) is 11.8. The van der Waals surface area contributed by atoms with E-state index in [9.17, 15) is 5.26 Å². The first-order valence-corrected chi connectivity index (χ1v) is 21.1. The van der Waals surface area contributed by atoms with Gasteiger partial charge in [0, 0.05) is 37.3 Å². The maximum absolute atomic E-state index is 9.74. The van der Waals surface area contributed by atoms with Crippen LogP contribution < -0.4 is 16.4 Å². The van der Waals surface area contributed by atoms with Gasteiger partial charge in [-0.2, -0.15) is 4.33 Å². The van der Waals surface area contributed by atoms with E-state index in [1.165, 1.54) is 69.8 Å². The van der Waals surface area contributed by atoms with Gasteiger partial charge in [-0.1, -0.05) is 134 Å². The molecule has 5 nitrogen and oxygen atoms in total. The molecule has 0 saturated heterocycles. The number of hydrogen-bond donors (Lipinski definition) is 2. The number of halogens is 2. The SMILES string of the molecule is CCC1=CC(=C(c2cc(CC)c(N)c(CC)c2)c2c(Cl)cccc2Cl)C=C(CC)C1=[NH2+].CCCCCCCCCCCCc1ccc(SOO[O-])cc1. The highest BCUT2D eigenvalue weighted by Crippen LogP contribution is 2.41. The summed E-state index contributed by atoms with van der Waals surface area (Å²) in [5.41, 5.74) is 18.1. The number of aryl methyl sites for hydroxylation is 3. The van der Waals surface area contributed by atoms with E-state index in [1.807, 2.05) is 30.3 Å². The van der Waals surface area contributed by atoms with Crippen LogP contribution in [0.1, 0.15) is 139 Å². The van der Waals surface area contributed by atoms with Gasteiger partial charge in [-0.25, -0.2) is 0 Å². The lowest BCUT2D eigenvalue weighted by atomic mass is 9.83. The summed E-state index contributed by atoms with van der Waals surface area (Å²) in [7, 11) is 0. The van der Waals surface area contributed by atoms with E-state index in [1.54, 1.807) is 0 Å². The summed E-state index contributed by atoms with van der Waals surface area (Å²) in [6.45, 7) is 10.8. The van der Waals surface area contributed by atoms with Gasteiger partial charge >= 0.3 is 0 Å². The molecule has 0 saturated carbocycles. The number of hydrogen-bond acceptors (Lipinski definition) is 5. The van der Waals surface area contributed by atoms with Gasteiger partial charge in [-0.3, -0.25) is 10.4 Å². The summed E-state index contributed by atoms with van der Waals surface area (Å²) in [6, 6.07) is 18.1. The Morgan fingerprint density at radius 1 is 0.717 bits per heavy atom. The molecule has 8 heteroatoms. The number of anilines is 1. The monoisotopic (exact) mass is 778 g/mol. The van der Waals surface area contributed by atoms with E-state index in [2.05, 4.69) is 80.4 Å². The maximum atomic E-state index is 9.74. The minimum Gasteiger partial charge on any atom is -0.691 e. The molecular weight excluding hydrogens is 719 g/mol. The average Bonchev–Trinajstić information content (AvgIpc) is 3.17. The first kappa shape index (κ1) is 44.6. The third-order valence-corrected chi connectivity index (χ3v) is 11.1. The van der Waals surface area contributed by atoms with Crippen molar-refractivity contribution in [1.29, 1.82) is 0 Å². The molecular formula is C45H60Cl2N2O3S. The molecule has 1 aliphatic carbocycles. The fraction of sp³-hybridized carbons (Fsp3) is 0.444. The molecule has 3 aromatic rings. The average molecular weight is 780 g/mol. The van der Waals surface area contributed by atoms with Crippen LogP contribution in [0, 0.1) is 0 Å². The Labute approximate surface area is 333 Å². The van der Waals surface area contributed by atoms with Gasteiger partial charge in [0.15, 0.2) is 0 Å². The largest absolute Gasteiger partial charge is 0.691 e. The van der Waals surface area contributed by atoms with Crippen molar-refractivity contribution < 1.29 is 20.0 Å². The lowest BCUT2D eigenvalue weighted by Crippen LogP contribution is -2.42. The van der Waals surface area contributed by atoms with Crippen LogP contribution in [0.2, 0.25) is 10.0 Å². The second-order valence-corrected chi connectivity index (χ2v) is 15.2. The Hall–Kier alpha value is -2.84. The van der Waals surface area contributed by atoms with Crippen LogP contribution >= 0.6 is 35.2 Å². The van der Waals surface area contributed by atoms with E-state index in [-0.39, 0.29) is 0 Å². The molecule has 4 N–H and O–H groups in total. The quantitative estimate of drug-likeness (QED) is 0.0392. The van der Waals surface area contributed by atoms with Gasteiger partial charge in [0.2, 0.25) is 5.71 Å². The zero-order valence-corrected chi connectivity index (χ0v) is 34.8. The summed E-state index contributed by atoms with van der Waals surface area (Å²) in [4.78, 5) is 0.877. The fourth-order valence-corrected chi connectivity index (χ4v) is 7.73. The number of unbranched alkanes of at least 4 members (excludes halogenated alkanes) is 9. The summed E-state index contributed by atoms with van der Waals surface area (Å²) in [6.07, 6.45) is 22.6. The van der Waals surface area contributed by atoms with Gasteiger partial charge in [-0.05, 0) is 120 Å². The van der Waals surface area contributed by atoms with Gasteiger partial charge in [0.05, 0.1) is 12.0 Å². The van der Waals surface area contributed by atoms with Crippen LogP contribution in [0.5, 0.6) is 0 Å². The van der Waals surface area contributed by atoms with Crippen molar-refractivity contribution in [3.05, 3.63) is 121 Å². The summed E-state index contributed by atoms with van der Waals surface area (Å²) in [5.74, 6) is 0. The van der Waals surface area contributed by atoms with Gasteiger partial charge < -0.3 is 11.0 Å². The van der Waals surface area contributed by atoms with Crippen molar-refractivity contribution >= 4 is 52.2 Å². The normalized spacial score (nSPS) is 12.7. The smallest absolute Gasteiger partial charge is 0.203 e. The molecule has 0 aliphatic heterocycles. The molecule has 1 aliphatic rings. The molecule has 0 radical (unpaired) electrons. The first-order chi connectivity index (χ1) is 25.7. The van der Waals surface area contributed by atoms with Crippen molar-refractivity contribution in [2.75, 3.05) is 5.73 Å². The second-order valence-electron chi connectivity index (χ2n) is 13.6. The molecule has 0 amide bonds. The first-order valence-electron chi connectivity index (χ1n) is 19.6. The van der Waals surface area contributed by atoms with Crippen LogP contribution in [0.15, 0.2) is 88.4 Å². The molecule has 288 valence electrons. The van der Waals surface area contributed by atoms with Crippen molar-refractivity contribution in [3.8, 4) is 0 Å². The number of rotatable bonds is 20. The fourth-order valence-electron chi connectivity index (χ4n) is 6.79. The minimum absolute atomic E-state index is 0.628. The maximum Gasteiger partial charge on any atom is 0.203 e. The van der Waals surface area contributed by atoms with E-state index in [4.69, 9.17) is 34.3 Å². The Kier molecular flexibility index (Phi) is 20.6. The van der Waals surface area contributed by atoms with Crippen molar-refractivity contribution in [1.82, 2.24) is 0 Å². The van der Waals surface area contributed by atoms with E-state index >= 15 is 0 Å². The standard InChI is InChI=1S/C27H30Cl2N2.C18H30O3S/c1-5-16-12-20(13-17(6-2)26(16)30)24(25-22(28)10-9-11-23(25)29)21-14-18(7-3)27(31)19(8-4)15-21;1-2-3-4-5-6-7-8-9-10-11-12-17-13-15-18(16-14-17)22-21-20-19/h9-15,30H,5-8,31H2,1-4H3;13-16,19H,2-12H2,1H3. The Morgan fingerprint density at radius 3 is 1.70 bits per heavy atom. The predicted molar refractivity (Wildman–Crippen MR) is 226 cm³/mol. The topological polar surface area (TPSA) is 93.1 Å². The molecule has 0 atom stereocenters. The lowest BCUT2D eigenvalue weighted by Gasteiger charge is -2.21. The molecule has 4 rings (SSSR count). The number of allylic oxidation sites excluding steroid dienone is 5. The van der Waals surface area contributed by atoms with Crippen LogP contribution in [-0.4, -0.2) is 5.71 Å². The Morgan fingerprint density at radius 2 is 1.23 bits per heavy atom. The van der Waals surface area contributed by atoms with Crippen LogP contribution in [0.25, 0.3) is 5.57 Å². The third kappa shape index (κ3) is 13.8. The summed E-state index contributed by atoms with van der Waals surface area (Å²) >= 11 is 14.4. The molecule has 0 aromatic heterocycles. The molecule has 0 bridgehead atoms. The summed E-state index contributed by atoms with van der Waals surface area (Å²) in [5, 5.41) is 20.8. The Balaban J connectivity index is 0.000000304. The highest BCUT2D eigenvalue weighted by molar-refractivity contribution is 7.94. The molecule has 3 aromatic carbocycles. The second kappa shape index (κ2) is 24.5. The van der Waals surface area contributed by atoms with Gasteiger partial charge in [0.25, 0.3) is 0 Å². The highest BCUT2D eigenvalue weighted by atomic mass is 35.5. The van der Waals surface area contributed by atoms with Crippen molar-refractivity contribution in [2.24, 2.45) is 0 Å². The van der Waals surface area contributed by atoms with Gasteiger partial charge in [0.1, 0.15) is 0 Å². The van der Waals surface area contributed by atoms with Crippen molar-refractivity contribution in [3.63, 3.8) is 0 Å². The van der Waals surface area contributed by atoms with E-state index < -0.39 is 0 Å². The molecule has 0 fully saturated rings. The molecule has 53 heavy (non-hydrogen) atoms. The zero-order valence-electron chi connectivity index (χ0n) is 32.5. The molecule has 0 heterocycles. The zero-order chi connectivity index (χ0) is 38.6. The number of nitrogen functional groups attached to an aromatic ring is 1. The molecule has 0 unspecified atom stereocenters. The Bertz CT molecular complexity index is 1630. The number of nitrogens with two attached hydrogens (primary N) is 2. The van der Waals surface area contributed by atoms with E-state index in [0.29, 0.717) is 10.0 Å².